The van der Waals surface area contributed by atoms with Crippen LogP contribution in [0.3, 0.4) is 0 Å². The molecule has 22 heavy (non-hydrogen) atoms. The largest absolute Gasteiger partial charge is 0.346 e. The lowest BCUT2D eigenvalue weighted by Gasteiger charge is -2.07. The maximum atomic E-state index is 12.6. The summed E-state index contributed by atoms with van der Waals surface area (Å²) in [4.78, 5) is 0.268. The Balaban J connectivity index is 2.16. The number of benzene rings is 2. The minimum absolute atomic E-state index is 0.189. The lowest BCUT2D eigenvalue weighted by Crippen LogP contribution is -2.09. The summed E-state index contributed by atoms with van der Waals surface area (Å²) in [7, 11) is -1.70. The van der Waals surface area contributed by atoms with Crippen LogP contribution in [0.25, 0.3) is 10.9 Å². The molecule has 0 saturated carbocycles. The van der Waals surface area contributed by atoms with E-state index in [1.54, 1.807) is 41.9 Å². The molecule has 0 radical (unpaired) electrons. The highest BCUT2D eigenvalue weighted by atomic mass is 32.2. The Hall–Kier alpha value is -2.58. The van der Waals surface area contributed by atoms with Crippen LogP contribution in [-0.4, -0.2) is 13.0 Å². The minimum Gasteiger partial charge on any atom is -0.346 e. The van der Waals surface area contributed by atoms with Gasteiger partial charge in [-0.2, -0.15) is 5.26 Å². The van der Waals surface area contributed by atoms with Gasteiger partial charge in [0.2, 0.25) is 0 Å². The van der Waals surface area contributed by atoms with E-state index in [0.717, 1.165) is 10.9 Å². The van der Waals surface area contributed by atoms with E-state index in [-0.39, 0.29) is 10.6 Å². The number of rotatable bonds is 3. The van der Waals surface area contributed by atoms with Crippen LogP contribution in [0, 0.1) is 11.3 Å². The predicted molar refractivity (Wildman–Crippen MR) is 85.0 cm³/mol. The first kappa shape index (κ1) is 14.4. The molecule has 2 aromatic carbocycles. The third-order valence-electron chi connectivity index (χ3n) is 3.77. The van der Waals surface area contributed by atoms with E-state index in [1.165, 1.54) is 0 Å². The molecule has 1 heterocycles. The van der Waals surface area contributed by atoms with Crippen molar-refractivity contribution >= 4 is 20.7 Å². The van der Waals surface area contributed by atoms with E-state index in [2.05, 4.69) is 6.07 Å². The summed E-state index contributed by atoms with van der Waals surface area (Å²) in [6, 6.07) is 17.9. The lowest BCUT2D eigenvalue weighted by atomic mass is 10.1. The molecule has 3 rings (SSSR count). The first-order valence-corrected chi connectivity index (χ1v) is 8.44. The molecule has 0 aliphatic rings. The van der Waals surface area contributed by atoms with Gasteiger partial charge in [-0.3, -0.25) is 0 Å². The molecule has 0 fully saturated rings. The first-order chi connectivity index (χ1) is 10.5. The van der Waals surface area contributed by atoms with Crippen LogP contribution >= 0.6 is 0 Å². The Kier molecular flexibility index (Phi) is 3.47. The zero-order valence-electron chi connectivity index (χ0n) is 12.0. The van der Waals surface area contributed by atoms with E-state index < -0.39 is 9.84 Å². The molecular weight excluding hydrogens is 296 g/mol. The summed E-state index contributed by atoms with van der Waals surface area (Å²) < 4.78 is 26.9. The highest BCUT2D eigenvalue weighted by molar-refractivity contribution is 7.90. The normalized spacial score (nSPS) is 11.5. The van der Waals surface area contributed by atoms with Gasteiger partial charge in [0.25, 0.3) is 0 Å². The average molecular weight is 310 g/mol. The Labute approximate surface area is 129 Å². The third kappa shape index (κ3) is 2.28. The van der Waals surface area contributed by atoms with Crippen LogP contribution < -0.4 is 0 Å². The SMILES string of the molecule is Cn1c(CS(=O)(=O)c2ccccc2)c(C#N)c2ccccc21. The van der Waals surface area contributed by atoms with E-state index in [1.807, 2.05) is 24.3 Å². The van der Waals surface area contributed by atoms with Crippen molar-refractivity contribution in [2.45, 2.75) is 10.6 Å². The highest BCUT2D eigenvalue weighted by Gasteiger charge is 2.22. The van der Waals surface area contributed by atoms with Crippen LogP contribution in [0.1, 0.15) is 11.3 Å². The zero-order valence-corrected chi connectivity index (χ0v) is 12.8. The average Bonchev–Trinajstić information content (AvgIpc) is 2.80. The van der Waals surface area contributed by atoms with Crippen molar-refractivity contribution in [2.75, 3.05) is 0 Å². The number of nitriles is 1. The Morgan fingerprint density at radius 2 is 1.68 bits per heavy atom. The molecule has 0 N–H and O–H groups in total. The van der Waals surface area contributed by atoms with Crippen LogP contribution in [0.5, 0.6) is 0 Å². The lowest BCUT2D eigenvalue weighted by molar-refractivity contribution is 0.593. The van der Waals surface area contributed by atoms with Crippen molar-refractivity contribution < 1.29 is 8.42 Å². The van der Waals surface area contributed by atoms with Gasteiger partial charge in [0, 0.05) is 18.0 Å². The second-order valence-corrected chi connectivity index (χ2v) is 7.07. The number of nitrogens with zero attached hydrogens (tertiary/aromatic N) is 2. The molecule has 0 saturated heterocycles. The van der Waals surface area contributed by atoms with Gasteiger partial charge in [0.05, 0.1) is 21.9 Å². The quantitative estimate of drug-likeness (QED) is 0.747. The smallest absolute Gasteiger partial charge is 0.184 e. The summed E-state index contributed by atoms with van der Waals surface area (Å²) in [5, 5.41) is 10.2. The fourth-order valence-corrected chi connectivity index (χ4v) is 4.07. The van der Waals surface area contributed by atoms with Gasteiger partial charge >= 0.3 is 0 Å². The highest BCUT2D eigenvalue weighted by Crippen LogP contribution is 2.27. The van der Waals surface area contributed by atoms with Gasteiger partial charge in [0.1, 0.15) is 6.07 Å². The Morgan fingerprint density at radius 3 is 2.36 bits per heavy atom. The minimum atomic E-state index is -3.49. The van der Waals surface area contributed by atoms with E-state index in [0.29, 0.717) is 11.3 Å². The van der Waals surface area contributed by atoms with Gasteiger partial charge < -0.3 is 4.57 Å². The Bertz CT molecular complexity index is 981. The predicted octanol–water partition coefficient (Wildman–Crippen LogP) is 3.02. The molecule has 4 nitrogen and oxygen atoms in total. The zero-order chi connectivity index (χ0) is 15.7. The van der Waals surface area contributed by atoms with Gasteiger partial charge in [-0.15, -0.1) is 0 Å². The molecule has 0 aliphatic carbocycles. The van der Waals surface area contributed by atoms with Gasteiger partial charge in [-0.1, -0.05) is 36.4 Å². The van der Waals surface area contributed by atoms with Crippen LogP contribution in [-0.2, 0) is 22.6 Å². The van der Waals surface area contributed by atoms with Crippen LogP contribution in [0.15, 0.2) is 59.5 Å². The number of aromatic nitrogens is 1. The maximum Gasteiger partial charge on any atom is 0.184 e. The summed E-state index contributed by atoms with van der Waals surface area (Å²) in [5.41, 5.74) is 1.81. The molecule has 1 aromatic heterocycles. The van der Waals surface area contributed by atoms with Gasteiger partial charge in [-0.25, -0.2) is 8.42 Å². The van der Waals surface area contributed by atoms with Crippen molar-refractivity contribution in [3.63, 3.8) is 0 Å². The topological polar surface area (TPSA) is 62.9 Å². The fraction of sp³-hybridized carbons (Fsp3) is 0.118. The molecule has 0 unspecified atom stereocenters. The summed E-state index contributed by atoms with van der Waals surface area (Å²) in [6.07, 6.45) is 0. The number of fused-ring (bicyclic) bond motifs is 1. The van der Waals surface area contributed by atoms with Gasteiger partial charge in [0.15, 0.2) is 9.84 Å². The maximum absolute atomic E-state index is 12.6. The number of aryl methyl sites for hydroxylation is 1. The fourth-order valence-electron chi connectivity index (χ4n) is 2.63. The standard InChI is InChI=1S/C17H14N2O2S/c1-19-16-10-6-5-9-14(16)15(11-18)17(19)12-22(20,21)13-7-3-2-4-8-13/h2-10H,12H2,1H3. The molecule has 110 valence electrons. The van der Waals surface area contributed by atoms with Crippen LogP contribution in [0.2, 0.25) is 0 Å². The van der Waals surface area contributed by atoms with E-state index in [4.69, 9.17) is 0 Å². The van der Waals surface area contributed by atoms with E-state index in [9.17, 15) is 13.7 Å². The van der Waals surface area contributed by atoms with Crippen molar-refractivity contribution in [2.24, 2.45) is 7.05 Å². The molecule has 0 atom stereocenters. The van der Waals surface area contributed by atoms with Crippen molar-refractivity contribution in [3.05, 3.63) is 65.9 Å². The number of hydrogen-bond acceptors (Lipinski definition) is 3. The summed E-state index contributed by atoms with van der Waals surface area (Å²) in [5.74, 6) is -0.189. The molecule has 3 aromatic rings. The first-order valence-electron chi connectivity index (χ1n) is 6.79. The molecule has 0 bridgehead atoms. The monoisotopic (exact) mass is 310 g/mol. The molecule has 0 spiro atoms. The number of para-hydroxylation sites is 1. The Morgan fingerprint density at radius 1 is 1.05 bits per heavy atom. The summed E-state index contributed by atoms with van der Waals surface area (Å²) >= 11 is 0. The van der Waals surface area contributed by atoms with Crippen molar-refractivity contribution in [1.29, 1.82) is 5.26 Å². The third-order valence-corrected chi connectivity index (χ3v) is 5.41. The molecule has 0 amide bonds. The number of hydrogen-bond donors (Lipinski definition) is 0. The molecule has 0 aliphatic heterocycles. The number of sulfone groups is 1. The molecular formula is C17H14N2O2S. The summed E-state index contributed by atoms with van der Waals surface area (Å²) in [6.45, 7) is 0. The van der Waals surface area contributed by atoms with Gasteiger partial charge in [-0.05, 0) is 18.2 Å². The van der Waals surface area contributed by atoms with Crippen LogP contribution in [0.4, 0.5) is 0 Å². The second-order valence-electron chi connectivity index (χ2n) is 5.08. The second kappa shape index (κ2) is 5.32. The molecule has 5 heteroatoms. The van der Waals surface area contributed by atoms with E-state index >= 15 is 0 Å². The van der Waals surface area contributed by atoms with Crippen molar-refractivity contribution in [1.82, 2.24) is 4.57 Å². The van der Waals surface area contributed by atoms with Crippen molar-refractivity contribution in [3.8, 4) is 6.07 Å².